The van der Waals surface area contributed by atoms with Gasteiger partial charge in [0.15, 0.2) is 0 Å². The van der Waals surface area contributed by atoms with Gasteiger partial charge >= 0.3 is 0 Å². The van der Waals surface area contributed by atoms with Crippen LogP contribution in [0.5, 0.6) is 5.75 Å². The Morgan fingerprint density at radius 1 is 1.26 bits per heavy atom. The molecule has 1 aromatic carbocycles. The summed E-state index contributed by atoms with van der Waals surface area (Å²) in [7, 11) is 0. The summed E-state index contributed by atoms with van der Waals surface area (Å²) < 4.78 is 5.93. The molecular weight excluding hydrogens is 238 g/mol. The first-order chi connectivity index (χ1) is 9.33. The first kappa shape index (κ1) is 12.1. The number of nitrogens with two attached hydrogens (primary N) is 1. The van der Waals surface area contributed by atoms with E-state index >= 15 is 0 Å². The van der Waals surface area contributed by atoms with Gasteiger partial charge in [0, 0.05) is 18.2 Å². The number of hydrogen-bond donors (Lipinski definition) is 2. The van der Waals surface area contributed by atoms with Crippen molar-refractivity contribution >= 4 is 5.82 Å². The Morgan fingerprint density at radius 3 is 3.00 bits per heavy atom. The van der Waals surface area contributed by atoms with E-state index in [2.05, 4.69) is 28.4 Å². The molecule has 3 N–H and O–H groups in total. The highest BCUT2D eigenvalue weighted by atomic mass is 16.5. The number of hydrogen-bond acceptors (Lipinski definition) is 3. The lowest BCUT2D eigenvalue weighted by Gasteiger charge is -2.19. The number of anilines is 1. The van der Waals surface area contributed by atoms with E-state index < -0.39 is 0 Å². The van der Waals surface area contributed by atoms with E-state index in [0.717, 1.165) is 24.3 Å². The van der Waals surface area contributed by atoms with Gasteiger partial charge in [-0.25, -0.2) is 0 Å². The number of aromatic amines is 1. The molecule has 0 saturated carbocycles. The number of ether oxygens (including phenoxy) is 1. The number of H-pyrrole nitrogens is 1. The molecule has 0 spiro atoms. The zero-order chi connectivity index (χ0) is 13.1. The van der Waals surface area contributed by atoms with Crippen LogP contribution in [0.2, 0.25) is 0 Å². The van der Waals surface area contributed by atoms with Crippen LogP contribution >= 0.6 is 0 Å². The van der Waals surface area contributed by atoms with Gasteiger partial charge < -0.3 is 10.5 Å². The molecule has 0 aliphatic heterocycles. The van der Waals surface area contributed by atoms with Crippen LogP contribution in [0.3, 0.4) is 0 Å². The fourth-order valence-electron chi connectivity index (χ4n) is 2.66. The molecule has 1 aliphatic rings. The van der Waals surface area contributed by atoms with Gasteiger partial charge in [0.2, 0.25) is 0 Å². The maximum atomic E-state index is 5.93. The lowest BCUT2D eigenvalue weighted by atomic mass is 9.91. The highest BCUT2D eigenvalue weighted by Gasteiger charge is 2.13. The topological polar surface area (TPSA) is 63.9 Å². The van der Waals surface area contributed by atoms with Crippen molar-refractivity contribution in [3.63, 3.8) is 0 Å². The molecule has 1 aliphatic carbocycles. The zero-order valence-corrected chi connectivity index (χ0v) is 11.0. The summed E-state index contributed by atoms with van der Waals surface area (Å²) in [5.41, 5.74) is 9.44. The Kier molecular flexibility index (Phi) is 3.40. The number of benzene rings is 1. The van der Waals surface area contributed by atoms with Gasteiger partial charge in [0.05, 0.1) is 6.61 Å². The van der Waals surface area contributed by atoms with Gasteiger partial charge in [-0.05, 0) is 42.9 Å². The van der Waals surface area contributed by atoms with Crippen LogP contribution in [0, 0.1) is 0 Å². The predicted molar refractivity (Wildman–Crippen MR) is 75.3 cm³/mol. The van der Waals surface area contributed by atoms with Crippen molar-refractivity contribution in [2.75, 3.05) is 12.3 Å². The molecule has 4 heteroatoms. The lowest BCUT2D eigenvalue weighted by Crippen LogP contribution is -2.08. The molecule has 0 bridgehead atoms. The molecule has 2 aromatic rings. The number of rotatable bonds is 4. The van der Waals surface area contributed by atoms with Gasteiger partial charge in [-0.3, -0.25) is 5.10 Å². The van der Waals surface area contributed by atoms with Gasteiger partial charge in [-0.15, -0.1) is 0 Å². The van der Waals surface area contributed by atoms with E-state index in [9.17, 15) is 0 Å². The second kappa shape index (κ2) is 5.34. The lowest BCUT2D eigenvalue weighted by molar-refractivity contribution is 0.315. The largest absolute Gasteiger partial charge is 0.493 e. The van der Waals surface area contributed by atoms with Crippen molar-refractivity contribution in [1.82, 2.24) is 10.2 Å². The number of fused-ring (bicyclic) bond motifs is 1. The zero-order valence-electron chi connectivity index (χ0n) is 11.0. The number of nitrogens with zero attached hydrogens (tertiary/aromatic N) is 1. The van der Waals surface area contributed by atoms with Crippen molar-refractivity contribution < 1.29 is 4.74 Å². The Bertz CT molecular complexity index is 562. The average molecular weight is 257 g/mol. The summed E-state index contributed by atoms with van der Waals surface area (Å²) in [5.74, 6) is 1.58. The minimum atomic E-state index is 0.534. The Hall–Kier alpha value is -1.97. The number of aryl methyl sites for hydroxylation is 1. The van der Waals surface area contributed by atoms with Crippen LogP contribution in [0.25, 0.3) is 0 Å². The Labute approximate surface area is 113 Å². The highest BCUT2D eigenvalue weighted by molar-refractivity contribution is 5.41. The highest BCUT2D eigenvalue weighted by Crippen LogP contribution is 2.29. The molecule has 0 saturated heterocycles. The molecule has 3 rings (SSSR count). The average Bonchev–Trinajstić information content (AvgIpc) is 2.85. The summed E-state index contributed by atoms with van der Waals surface area (Å²) in [6.07, 6.45) is 5.69. The number of aromatic nitrogens is 2. The van der Waals surface area contributed by atoms with E-state index in [1.165, 1.54) is 30.4 Å². The first-order valence-corrected chi connectivity index (χ1v) is 6.86. The summed E-state index contributed by atoms with van der Waals surface area (Å²) in [5, 5.41) is 6.81. The van der Waals surface area contributed by atoms with Crippen molar-refractivity contribution in [1.29, 1.82) is 0 Å². The van der Waals surface area contributed by atoms with Crippen LogP contribution in [0.4, 0.5) is 5.82 Å². The van der Waals surface area contributed by atoms with Gasteiger partial charge in [-0.1, -0.05) is 12.1 Å². The molecule has 0 radical (unpaired) electrons. The molecule has 100 valence electrons. The van der Waals surface area contributed by atoms with E-state index in [-0.39, 0.29) is 0 Å². The summed E-state index contributed by atoms with van der Waals surface area (Å²) in [6.45, 7) is 0.651. The standard InChI is InChI=1S/C15H19N3O/c16-15-10-12(17-18-15)8-9-19-14-7-3-5-11-4-1-2-6-13(11)14/h3,5,7,10H,1-2,4,6,8-9H2,(H3,16,17,18). The van der Waals surface area contributed by atoms with Crippen molar-refractivity contribution in [3.8, 4) is 5.75 Å². The SMILES string of the molecule is Nc1cc(CCOc2cccc3c2CCCC3)[nH]n1. The molecule has 0 unspecified atom stereocenters. The fraction of sp³-hybridized carbons (Fsp3) is 0.400. The van der Waals surface area contributed by atoms with Gasteiger partial charge in [0.1, 0.15) is 11.6 Å². The second-order valence-electron chi connectivity index (χ2n) is 5.02. The summed E-state index contributed by atoms with van der Waals surface area (Å²) in [4.78, 5) is 0. The minimum absolute atomic E-state index is 0.534. The molecule has 0 amide bonds. The molecule has 0 fully saturated rings. The minimum Gasteiger partial charge on any atom is -0.493 e. The number of nitrogen functional groups attached to an aromatic ring is 1. The van der Waals surface area contributed by atoms with Gasteiger partial charge in [-0.2, -0.15) is 5.10 Å². The molecule has 1 heterocycles. The fourth-order valence-corrected chi connectivity index (χ4v) is 2.66. The van der Waals surface area contributed by atoms with Crippen LogP contribution in [0.1, 0.15) is 29.7 Å². The van der Waals surface area contributed by atoms with Crippen molar-refractivity contribution in [2.24, 2.45) is 0 Å². The normalized spacial score (nSPS) is 14.1. The number of nitrogens with one attached hydrogen (secondary N) is 1. The predicted octanol–water partition coefficient (Wildman–Crippen LogP) is 2.49. The van der Waals surface area contributed by atoms with Crippen molar-refractivity contribution in [2.45, 2.75) is 32.1 Å². The van der Waals surface area contributed by atoms with E-state index in [4.69, 9.17) is 10.5 Å². The first-order valence-electron chi connectivity index (χ1n) is 6.86. The van der Waals surface area contributed by atoms with Crippen LogP contribution < -0.4 is 10.5 Å². The van der Waals surface area contributed by atoms with Crippen molar-refractivity contribution in [3.05, 3.63) is 41.1 Å². The second-order valence-corrected chi connectivity index (χ2v) is 5.02. The van der Waals surface area contributed by atoms with E-state index in [1.54, 1.807) is 0 Å². The van der Waals surface area contributed by atoms with Crippen LogP contribution in [-0.4, -0.2) is 16.8 Å². The Balaban J connectivity index is 1.64. The maximum Gasteiger partial charge on any atom is 0.145 e. The third-order valence-electron chi connectivity index (χ3n) is 3.63. The monoisotopic (exact) mass is 257 g/mol. The van der Waals surface area contributed by atoms with E-state index in [1.807, 2.05) is 6.07 Å². The molecule has 19 heavy (non-hydrogen) atoms. The molecule has 0 atom stereocenters. The molecule has 4 nitrogen and oxygen atoms in total. The van der Waals surface area contributed by atoms with Gasteiger partial charge in [0.25, 0.3) is 0 Å². The Morgan fingerprint density at radius 2 is 2.16 bits per heavy atom. The smallest absolute Gasteiger partial charge is 0.145 e. The van der Waals surface area contributed by atoms with E-state index in [0.29, 0.717) is 12.4 Å². The quantitative estimate of drug-likeness (QED) is 0.884. The van der Waals surface area contributed by atoms with Crippen LogP contribution in [-0.2, 0) is 19.3 Å². The third kappa shape index (κ3) is 2.72. The molecule has 1 aromatic heterocycles. The summed E-state index contributed by atoms with van der Waals surface area (Å²) >= 11 is 0. The summed E-state index contributed by atoms with van der Waals surface area (Å²) in [6, 6.07) is 8.24. The van der Waals surface area contributed by atoms with Crippen LogP contribution in [0.15, 0.2) is 24.3 Å². The molecular formula is C15H19N3O. The maximum absolute atomic E-state index is 5.93. The third-order valence-corrected chi connectivity index (χ3v) is 3.63.